The van der Waals surface area contributed by atoms with E-state index in [9.17, 15) is 30.0 Å². The van der Waals surface area contributed by atoms with Gasteiger partial charge in [0.05, 0.1) is 18.3 Å². The molecule has 12 atom stereocenters. The first kappa shape index (κ1) is 26.1. The van der Waals surface area contributed by atoms with Gasteiger partial charge < -0.3 is 25.7 Å². The van der Waals surface area contributed by atoms with E-state index in [-0.39, 0.29) is 58.7 Å². The minimum Gasteiger partial charge on any atom is -0.480 e. The number of rotatable bonds is 7. The van der Waals surface area contributed by atoms with Gasteiger partial charge in [-0.2, -0.15) is 0 Å². The van der Waals surface area contributed by atoms with Gasteiger partial charge >= 0.3 is 5.97 Å². The van der Waals surface area contributed by atoms with Crippen LogP contribution in [-0.2, 0) is 9.59 Å². The van der Waals surface area contributed by atoms with Gasteiger partial charge in [0.15, 0.2) is 11.8 Å². The number of hydrogen-bond donors (Lipinski definition) is 5. The SMILES string of the molecule is CNC(C(=O)O)C(=O)CCC(C)C1CCC2C3C(O)CC4CC(O)CCC4(C)C3CC(O)C12C. The van der Waals surface area contributed by atoms with Crippen LogP contribution in [0.3, 0.4) is 0 Å². The summed E-state index contributed by atoms with van der Waals surface area (Å²) in [7, 11) is 1.49. The van der Waals surface area contributed by atoms with E-state index in [0.717, 1.165) is 38.5 Å². The number of aliphatic hydroxyl groups excluding tert-OH is 3. The van der Waals surface area contributed by atoms with Crippen LogP contribution in [0, 0.1) is 46.3 Å². The Morgan fingerprint density at radius 3 is 2.38 bits per heavy atom. The second-order valence-corrected chi connectivity index (χ2v) is 12.6. The highest BCUT2D eigenvalue weighted by Crippen LogP contribution is 2.68. The number of aliphatic hydroxyl groups is 3. The molecule has 0 bridgehead atoms. The maximum absolute atomic E-state index is 12.4. The maximum atomic E-state index is 12.4. The molecule has 0 amide bonds. The Morgan fingerprint density at radius 2 is 1.74 bits per heavy atom. The van der Waals surface area contributed by atoms with E-state index in [1.54, 1.807) is 0 Å². The summed E-state index contributed by atoms with van der Waals surface area (Å²) < 4.78 is 0. The molecule has 0 aromatic heterocycles. The summed E-state index contributed by atoms with van der Waals surface area (Å²) in [5.41, 5.74) is -0.252. The van der Waals surface area contributed by atoms with Crippen LogP contribution in [0.2, 0.25) is 0 Å². The Hall–Kier alpha value is -1.02. The van der Waals surface area contributed by atoms with Gasteiger partial charge in [0.1, 0.15) is 0 Å². The minimum atomic E-state index is -1.17. The molecule has 4 aliphatic carbocycles. The molecule has 4 saturated carbocycles. The van der Waals surface area contributed by atoms with E-state index < -0.39 is 24.2 Å². The number of likely N-dealkylation sites (N-methyl/N-ethyl adjacent to an activating group) is 1. The van der Waals surface area contributed by atoms with Gasteiger partial charge in [-0.25, -0.2) is 0 Å². The van der Waals surface area contributed by atoms with Crippen LogP contribution in [-0.4, -0.2) is 63.6 Å². The minimum absolute atomic E-state index is 0.0561. The van der Waals surface area contributed by atoms with E-state index in [2.05, 4.69) is 26.1 Å². The number of nitrogens with one attached hydrogen (secondary N) is 1. The number of Topliss-reactive ketones (excluding diaryl/α,β-unsaturated/α-hetero) is 1. The molecule has 4 fully saturated rings. The van der Waals surface area contributed by atoms with E-state index in [4.69, 9.17) is 0 Å². The van der Waals surface area contributed by atoms with Gasteiger partial charge in [0, 0.05) is 6.42 Å². The van der Waals surface area contributed by atoms with E-state index >= 15 is 0 Å². The van der Waals surface area contributed by atoms with Crippen LogP contribution in [0.25, 0.3) is 0 Å². The quantitative estimate of drug-likeness (QED) is 0.355. The molecule has 0 heterocycles. The smallest absolute Gasteiger partial charge is 0.328 e. The van der Waals surface area contributed by atoms with Crippen LogP contribution < -0.4 is 5.32 Å². The van der Waals surface area contributed by atoms with Crippen molar-refractivity contribution in [2.24, 2.45) is 46.3 Å². The van der Waals surface area contributed by atoms with Crippen molar-refractivity contribution >= 4 is 11.8 Å². The molecular formula is C27H45NO6. The number of carbonyl (C=O) groups excluding carboxylic acids is 1. The fourth-order valence-electron chi connectivity index (χ4n) is 9.27. The lowest BCUT2D eigenvalue weighted by molar-refractivity contribution is -0.207. The number of carboxylic acids is 1. The van der Waals surface area contributed by atoms with Gasteiger partial charge in [0.25, 0.3) is 0 Å². The Kier molecular flexibility index (Phi) is 7.24. The Bertz CT molecular complexity index is 789. The van der Waals surface area contributed by atoms with Crippen molar-refractivity contribution in [3.63, 3.8) is 0 Å². The number of carboxylic acid groups (broad SMARTS) is 1. The van der Waals surface area contributed by atoms with Crippen molar-refractivity contribution in [1.29, 1.82) is 0 Å². The fourth-order valence-corrected chi connectivity index (χ4v) is 9.27. The molecule has 0 saturated heterocycles. The largest absolute Gasteiger partial charge is 0.480 e. The molecule has 0 radical (unpaired) electrons. The molecule has 12 unspecified atom stereocenters. The highest BCUT2D eigenvalue weighted by Gasteiger charge is 2.65. The van der Waals surface area contributed by atoms with E-state index in [1.807, 2.05) is 0 Å². The predicted molar refractivity (Wildman–Crippen MR) is 128 cm³/mol. The molecule has 194 valence electrons. The first-order chi connectivity index (χ1) is 15.9. The Balaban J connectivity index is 1.51. The summed E-state index contributed by atoms with van der Waals surface area (Å²) >= 11 is 0. The van der Waals surface area contributed by atoms with Gasteiger partial charge in [-0.1, -0.05) is 20.8 Å². The third-order valence-electron chi connectivity index (χ3n) is 11.2. The fraction of sp³-hybridized carbons (Fsp3) is 0.926. The average molecular weight is 480 g/mol. The van der Waals surface area contributed by atoms with Gasteiger partial charge in [0.2, 0.25) is 0 Å². The lowest BCUT2D eigenvalue weighted by Gasteiger charge is -2.63. The number of fused-ring (bicyclic) bond motifs is 5. The van der Waals surface area contributed by atoms with Crippen molar-refractivity contribution in [3.8, 4) is 0 Å². The summed E-state index contributed by atoms with van der Waals surface area (Å²) in [6.07, 6.45) is 5.60. The molecular weight excluding hydrogens is 434 g/mol. The molecule has 4 rings (SSSR count). The number of ketones is 1. The summed E-state index contributed by atoms with van der Waals surface area (Å²) in [6, 6.07) is -1.17. The summed E-state index contributed by atoms with van der Waals surface area (Å²) in [5, 5.41) is 45.1. The van der Waals surface area contributed by atoms with Crippen LogP contribution in [0.4, 0.5) is 0 Å². The second-order valence-electron chi connectivity index (χ2n) is 12.6. The standard InChI is InChI=1S/C27H45NO6/c1-14(5-8-20(30)24(28-4)25(33)34)17-6-7-18-23-19(13-22(32)27(17,18)3)26(2)10-9-16(29)11-15(26)12-21(23)31/h14-19,21-24,28-29,31-32H,5-13H2,1-4H3,(H,33,34). The normalized spacial score (nSPS) is 47.7. The average Bonchev–Trinajstić information content (AvgIpc) is 3.13. The van der Waals surface area contributed by atoms with Gasteiger partial charge in [-0.3, -0.25) is 9.59 Å². The van der Waals surface area contributed by atoms with Crippen molar-refractivity contribution in [3.05, 3.63) is 0 Å². The third-order valence-corrected chi connectivity index (χ3v) is 11.2. The number of carbonyl (C=O) groups is 2. The molecule has 7 nitrogen and oxygen atoms in total. The summed E-state index contributed by atoms with van der Waals surface area (Å²) in [4.78, 5) is 23.8. The van der Waals surface area contributed by atoms with Gasteiger partial charge in [-0.15, -0.1) is 0 Å². The number of hydrogen-bond acceptors (Lipinski definition) is 6. The maximum Gasteiger partial charge on any atom is 0.328 e. The topological polar surface area (TPSA) is 127 Å². The zero-order chi connectivity index (χ0) is 25.0. The van der Waals surface area contributed by atoms with Gasteiger partial charge in [-0.05, 0) is 105 Å². The third kappa shape index (κ3) is 4.04. The zero-order valence-corrected chi connectivity index (χ0v) is 21.2. The van der Waals surface area contributed by atoms with E-state index in [1.165, 1.54) is 7.05 Å². The first-order valence-corrected chi connectivity index (χ1v) is 13.4. The monoisotopic (exact) mass is 479 g/mol. The highest BCUT2D eigenvalue weighted by atomic mass is 16.4. The lowest BCUT2D eigenvalue weighted by atomic mass is 9.43. The Labute approximate surface area is 203 Å². The van der Waals surface area contributed by atoms with Crippen molar-refractivity contribution in [2.45, 2.75) is 103 Å². The second kappa shape index (κ2) is 9.45. The van der Waals surface area contributed by atoms with Crippen molar-refractivity contribution < 1.29 is 30.0 Å². The first-order valence-electron chi connectivity index (χ1n) is 13.4. The Morgan fingerprint density at radius 1 is 1.03 bits per heavy atom. The van der Waals surface area contributed by atoms with Crippen LogP contribution in [0.1, 0.15) is 78.6 Å². The van der Waals surface area contributed by atoms with E-state index in [0.29, 0.717) is 18.8 Å². The van der Waals surface area contributed by atoms with Crippen LogP contribution in [0.5, 0.6) is 0 Å². The van der Waals surface area contributed by atoms with Crippen molar-refractivity contribution in [2.75, 3.05) is 7.05 Å². The molecule has 0 spiro atoms. The predicted octanol–water partition coefficient (Wildman–Crippen LogP) is 2.61. The summed E-state index contributed by atoms with van der Waals surface area (Å²) in [6.45, 7) is 6.68. The molecule has 34 heavy (non-hydrogen) atoms. The molecule has 7 heteroatoms. The highest BCUT2D eigenvalue weighted by molar-refractivity contribution is 6.02. The van der Waals surface area contributed by atoms with Crippen LogP contribution in [0.15, 0.2) is 0 Å². The summed E-state index contributed by atoms with van der Waals surface area (Å²) in [5.74, 6) is -0.0279. The molecule has 0 aliphatic heterocycles. The molecule has 5 N–H and O–H groups in total. The zero-order valence-electron chi connectivity index (χ0n) is 21.2. The molecule has 0 aromatic rings. The lowest BCUT2D eigenvalue weighted by Crippen LogP contribution is -2.62. The van der Waals surface area contributed by atoms with Crippen LogP contribution >= 0.6 is 0 Å². The number of aliphatic carboxylic acids is 1. The molecule has 0 aromatic carbocycles. The molecule has 4 aliphatic rings. The van der Waals surface area contributed by atoms with Crippen molar-refractivity contribution in [1.82, 2.24) is 5.32 Å².